The van der Waals surface area contributed by atoms with E-state index in [2.05, 4.69) is 20.2 Å². The summed E-state index contributed by atoms with van der Waals surface area (Å²) in [5, 5.41) is 16.0. The van der Waals surface area contributed by atoms with E-state index in [9.17, 15) is 9.90 Å². The molecule has 0 spiro atoms. The number of hydrogen-bond donors (Lipinski definition) is 2. The predicted molar refractivity (Wildman–Crippen MR) is 125 cm³/mol. The van der Waals surface area contributed by atoms with Gasteiger partial charge in [-0.3, -0.25) is 15.1 Å². The quantitative estimate of drug-likeness (QED) is 0.470. The molecular formula is C24H23N5O2S. The fraction of sp³-hybridized carbons (Fsp3) is 0.208. The van der Waals surface area contributed by atoms with Gasteiger partial charge in [0.1, 0.15) is 5.69 Å². The van der Waals surface area contributed by atoms with Crippen molar-refractivity contribution >= 4 is 28.1 Å². The van der Waals surface area contributed by atoms with Crippen LogP contribution >= 0.6 is 11.3 Å². The third-order valence-electron chi connectivity index (χ3n) is 5.66. The third-order valence-corrected chi connectivity index (χ3v) is 6.44. The number of aromatic nitrogens is 3. The lowest BCUT2D eigenvalue weighted by molar-refractivity contribution is 0.101. The lowest BCUT2D eigenvalue weighted by atomic mass is 10.1. The highest BCUT2D eigenvalue weighted by atomic mass is 32.1. The highest BCUT2D eigenvalue weighted by Crippen LogP contribution is 2.37. The second kappa shape index (κ2) is 8.94. The molecule has 3 aromatic heterocycles. The summed E-state index contributed by atoms with van der Waals surface area (Å²) in [5.74, 6) is -0.211. The van der Waals surface area contributed by atoms with Crippen molar-refractivity contribution in [2.24, 2.45) is 0 Å². The zero-order valence-corrected chi connectivity index (χ0v) is 18.2. The fourth-order valence-corrected chi connectivity index (χ4v) is 4.86. The molecule has 0 saturated carbocycles. The average molecular weight is 446 g/mol. The topological polar surface area (TPSA) is 83.3 Å². The van der Waals surface area contributed by atoms with Crippen molar-refractivity contribution in [2.75, 3.05) is 16.8 Å². The van der Waals surface area contributed by atoms with E-state index in [4.69, 9.17) is 0 Å². The molecule has 32 heavy (non-hydrogen) atoms. The molecule has 5 rings (SSSR count). The predicted octanol–water partition coefficient (Wildman–Crippen LogP) is 3.95. The number of aliphatic hydroxyl groups is 1. The monoisotopic (exact) mass is 445 g/mol. The smallest absolute Gasteiger partial charge is 0.274 e. The van der Waals surface area contributed by atoms with Gasteiger partial charge in [-0.1, -0.05) is 18.2 Å². The molecule has 1 aliphatic rings. The van der Waals surface area contributed by atoms with E-state index in [-0.39, 0.29) is 11.9 Å². The average Bonchev–Trinajstić information content (AvgIpc) is 3.55. The third kappa shape index (κ3) is 4.15. The van der Waals surface area contributed by atoms with Crippen LogP contribution < -0.4 is 10.2 Å². The molecular weight excluding hydrogens is 422 g/mol. The Labute approximate surface area is 190 Å². The largest absolute Gasteiger partial charge is 0.390 e. The molecule has 2 N–H and O–H groups in total. The van der Waals surface area contributed by atoms with Crippen molar-refractivity contribution in [1.82, 2.24) is 14.5 Å². The van der Waals surface area contributed by atoms with Gasteiger partial charge in [0.15, 0.2) is 5.13 Å². The minimum absolute atomic E-state index is 0.211. The Morgan fingerprint density at radius 3 is 2.75 bits per heavy atom. The molecule has 4 aromatic rings. The molecule has 1 saturated heterocycles. The minimum Gasteiger partial charge on any atom is -0.390 e. The van der Waals surface area contributed by atoms with Crippen LogP contribution in [0.5, 0.6) is 0 Å². The molecule has 1 amide bonds. The first kappa shape index (κ1) is 20.4. The number of para-hydroxylation sites is 1. The lowest BCUT2D eigenvalue weighted by Gasteiger charge is -2.26. The van der Waals surface area contributed by atoms with Crippen molar-refractivity contribution in [1.29, 1.82) is 0 Å². The van der Waals surface area contributed by atoms with E-state index in [1.54, 1.807) is 18.5 Å². The van der Waals surface area contributed by atoms with Gasteiger partial charge in [-0.05, 0) is 48.4 Å². The lowest BCUT2D eigenvalue weighted by Crippen LogP contribution is -2.27. The number of thiazole rings is 1. The maximum Gasteiger partial charge on any atom is 0.274 e. The van der Waals surface area contributed by atoms with Crippen LogP contribution in [-0.4, -0.2) is 38.2 Å². The highest BCUT2D eigenvalue weighted by Gasteiger charge is 2.36. The molecule has 2 atom stereocenters. The Bertz CT molecular complexity index is 1190. The number of pyridine rings is 1. The number of anilines is 2. The molecule has 162 valence electrons. The van der Waals surface area contributed by atoms with Gasteiger partial charge in [-0.15, -0.1) is 11.3 Å². The number of carbonyl (C=O) groups excluding carboxylic acids is 1. The normalized spacial score (nSPS) is 18.1. The number of rotatable bonds is 6. The van der Waals surface area contributed by atoms with E-state index in [0.717, 1.165) is 23.5 Å². The van der Waals surface area contributed by atoms with Gasteiger partial charge in [-0.2, -0.15) is 0 Å². The van der Waals surface area contributed by atoms with E-state index in [1.807, 2.05) is 64.7 Å². The highest BCUT2D eigenvalue weighted by molar-refractivity contribution is 7.14. The van der Waals surface area contributed by atoms with Crippen LogP contribution in [0.1, 0.15) is 34.2 Å². The zero-order chi connectivity index (χ0) is 21.9. The molecule has 1 aliphatic heterocycles. The Morgan fingerprint density at radius 2 is 1.94 bits per heavy atom. The Hall–Kier alpha value is -3.49. The summed E-state index contributed by atoms with van der Waals surface area (Å²) >= 11 is 1.37. The number of nitrogens with zero attached hydrogens (tertiary/aromatic N) is 4. The van der Waals surface area contributed by atoms with Crippen LogP contribution in [0.3, 0.4) is 0 Å². The Balaban J connectivity index is 1.32. The van der Waals surface area contributed by atoms with E-state index in [0.29, 0.717) is 23.8 Å². The maximum absolute atomic E-state index is 12.9. The van der Waals surface area contributed by atoms with Gasteiger partial charge in [0.05, 0.1) is 17.8 Å². The molecule has 1 aromatic carbocycles. The molecule has 0 aliphatic carbocycles. The van der Waals surface area contributed by atoms with Crippen LogP contribution in [0.25, 0.3) is 0 Å². The molecule has 4 heterocycles. The van der Waals surface area contributed by atoms with Crippen LogP contribution in [0.15, 0.2) is 78.6 Å². The molecule has 0 radical (unpaired) electrons. The standard InChI is InChI=1S/C24H23N5O2S/c30-21-10-14-29(18-5-2-1-3-6-18)22(21)19-16-32-24(26-19)27-23(31)20-7-4-13-28(20)15-17-8-11-25-12-9-17/h1-9,11-13,16,21-22,30H,10,14-15H2,(H,26,27,31)/t21-,22?/m0/s1. The number of amides is 1. The van der Waals surface area contributed by atoms with Crippen molar-refractivity contribution < 1.29 is 9.90 Å². The van der Waals surface area contributed by atoms with Crippen LogP contribution in [0.4, 0.5) is 10.8 Å². The number of benzene rings is 1. The first-order chi connectivity index (χ1) is 15.7. The van der Waals surface area contributed by atoms with Gasteiger partial charge in [0, 0.05) is 42.7 Å². The summed E-state index contributed by atoms with van der Waals surface area (Å²) in [6, 6.07) is 17.3. The maximum atomic E-state index is 12.9. The zero-order valence-electron chi connectivity index (χ0n) is 17.3. The summed E-state index contributed by atoms with van der Waals surface area (Å²) in [6.07, 6.45) is 5.55. The molecule has 1 fully saturated rings. The molecule has 0 bridgehead atoms. The minimum atomic E-state index is -0.501. The van der Waals surface area contributed by atoms with Gasteiger partial charge < -0.3 is 14.6 Å². The SMILES string of the molecule is O=C(Nc1nc(C2[C@@H](O)CCN2c2ccccc2)cs1)c1cccn1Cc1ccncc1. The second-order valence-corrected chi connectivity index (χ2v) is 8.60. The van der Waals surface area contributed by atoms with E-state index in [1.165, 1.54) is 11.3 Å². The first-order valence-corrected chi connectivity index (χ1v) is 11.4. The van der Waals surface area contributed by atoms with E-state index >= 15 is 0 Å². The number of aliphatic hydroxyl groups excluding tert-OH is 1. The summed E-state index contributed by atoms with van der Waals surface area (Å²) < 4.78 is 1.90. The van der Waals surface area contributed by atoms with Crippen molar-refractivity contribution in [3.63, 3.8) is 0 Å². The number of hydrogen-bond acceptors (Lipinski definition) is 6. The van der Waals surface area contributed by atoms with Gasteiger partial charge in [0.25, 0.3) is 5.91 Å². The summed E-state index contributed by atoms with van der Waals surface area (Å²) in [5.41, 5.74) is 3.45. The van der Waals surface area contributed by atoms with E-state index < -0.39 is 6.10 Å². The fourth-order valence-electron chi connectivity index (χ4n) is 4.13. The second-order valence-electron chi connectivity index (χ2n) is 7.74. The van der Waals surface area contributed by atoms with Crippen LogP contribution in [-0.2, 0) is 6.54 Å². The Kier molecular flexibility index (Phi) is 5.70. The van der Waals surface area contributed by atoms with Crippen molar-refractivity contribution in [3.8, 4) is 0 Å². The summed E-state index contributed by atoms with van der Waals surface area (Å²) in [6.45, 7) is 1.35. The van der Waals surface area contributed by atoms with Gasteiger partial charge >= 0.3 is 0 Å². The van der Waals surface area contributed by atoms with Crippen LogP contribution in [0.2, 0.25) is 0 Å². The molecule has 1 unspecified atom stereocenters. The van der Waals surface area contributed by atoms with Crippen molar-refractivity contribution in [2.45, 2.75) is 25.1 Å². The summed E-state index contributed by atoms with van der Waals surface area (Å²) in [7, 11) is 0. The molecule has 7 nitrogen and oxygen atoms in total. The van der Waals surface area contributed by atoms with Gasteiger partial charge in [-0.25, -0.2) is 4.98 Å². The van der Waals surface area contributed by atoms with Crippen LogP contribution in [0, 0.1) is 0 Å². The first-order valence-electron chi connectivity index (χ1n) is 10.5. The summed E-state index contributed by atoms with van der Waals surface area (Å²) in [4.78, 5) is 23.8. The van der Waals surface area contributed by atoms with Crippen molar-refractivity contribution in [3.05, 3.63) is 95.5 Å². The number of carbonyl (C=O) groups is 1. The molecule has 8 heteroatoms. The Morgan fingerprint density at radius 1 is 1.12 bits per heavy atom. The van der Waals surface area contributed by atoms with Gasteiger partial charge in [0.2, 0.25) is 0 Å². The number of nitrogens with one attached hydrogen (secondary N) is 1.